The lowest BCUT2D eigenvalue weighted by Gasteiger charge is -2.32. The van der Waals surface area contributed by atoms with Crippen LogP contribution in [-0.4, -0.2) is 66.1 Å². The van der Waals surface area contributed by atoms with E-state index in [4.69, 9.17) is 27.9 Å². The molecule has 1 aliphatic rings. The third-order valence-corrected chi connectivity index (χ3v) is 5.81. The molecule has 1 aromatic heterocycles. The first-order valence-corrected chi connectivity index (χ1v) is 10.4. The fourth-order valence-electron chi connectivity index (χ4n) is 3.46. The Labute approximate surface area is 179 Å². The number of aromatic nitrogens is 2. The maximum atomic E-state index is 13.6. The van der Waals surface area contributed by atoms with E-state index in [2.05, 4.69) is 26.8 Å². The van der Waals surface area contributed by atoms with Crippen LogP contribution in [0.15, 0.2) is 30.3 Å². The maximum Gasteiger partial charge on any atom is 0.144 e. The molecule has 3 aromatic rings. The van der Waals surface area contributed by atoms with Gasteiger partial charge in [0.25, 0.3) is 0 Å². The number of imidazole rings is 1. The second-order valence-corrected chi connectivity index (χ2v) is 8.17. The predicted octanol–water partition coefficient (Wildman–Crippen LogP) is 4.69. The highest BCUT2D eigenvalue weighted by molar-refractivity contribution is 6.33. The normalized spacial score (nSPS) is 15.9. The fourth-order valence-corrected chi connectivity index (χ4v) is 3.88. The van der Waals surface area contributed by atoms with E-state index in [0.717, 1.165) is 50.5 Å². The van der Waals surface area contributed by atoms with Gasteiger partial charge in [-0.15, -0.1) is 0 Å². The molecule has 154 valence electrons. The average Bonchev–Trinajstić information content (AvgIpc) is 3.09. The van der Waals surface area contributed by atoms with E-state index in [-0.39, 0.29) is 5.02 Å². The summed E-state index contributed by atoms with van der Waals surface area (Å²) in [6.07, 6.45) is 0.971. The van der Waals surface area contributed by atoms with Crippen LogP contribution >= 0.6 is 23.2 Å². The number of nitrogens with zero attached hydrogens (tertiary/aromatic N) is 3. The standard InChI is InChI=1S/C21H23Cl2FN4O/c1-27-6-8-28(9-7-27)5-2-10-29-14-3-4-15(16(22)11-14)21-25-19-12-17(23)18(24)13-20(19)26-21/h3-4,11-13H,2,5-10H2,1H3,(H,25,26). The van der Waals surface area contributed by atoms with Crippen molar-refractivity contribution in [3.63, 3.8) is 0 Å². The number of aromatic amines is 1. The zero-order valence-corrected chi connectivity index (χ0v) is 17.7. The smallest absolute Gasteiger partial charge is 0.144 e. The molecule has 0 atom stereocenters. The van der Waals surface area contributed by atoms with Crippen molar-refractivity contribution in [1.82, 2.24) is 19.8 Å². The summed E-state index contributed by atoms with van der Waals surface area (Å²) in [5, 5.41) is 0.564. The molecule has 8 heteroatoms. The summed E-state index contributed by atoms with van der Waals surface area (Å²) < 4.78 is 19.5. The van der Waals surface area contributed by atoms with Crippen molar-refractivity contribution in [1.29, 1.82) is 0 Å². The number of piperazine rings is 1. The molecule has 0 saturated carbocycles. The van der Waals surface area contributed by atoms with Crippen molar-refractivity contribution < 1.29 is 9.13 Å². The molecule has 1 aliphatic heterocycles. The first-order chi connectivity index (χ1) is 14.0. The van der Waals surface area contributed by atoms with Crippen LogP contribution in [0, 0.1) is 5.82 Å². The number of fused-ring (bicyclic) bond motifs is 1. The highest BCUT2D eigenvalue weighted by Gasteiger charge is 2.14. The number of ether oxygens (including phenoxy) is 1. The number of benzene rings is 2. The van der Waals surface area contributed by atoms with Crippen molar-refractivity contribution >= 4 is 34.2 Å². The topological polar surface area (TPSA) is 44.4 Å². The van der Waals surface area contributed by atoms with Gasteiger partial charge in [-0.1, -0.05) is 23.2 Å². The molecule has 0 radical (unpaired) electrons. The Kier molecular flexibility index (Phi) is 6.25. The van der Waals surface area contributed by atoms with Gasteiger partial charge in [0.2, 0.25) is 0 Å². The van der Waals surface area contributed by atoms with Crippen molar-refractivity contribution in [2.45, 2.75) is 6.42 Å². The van der Waals surface area contributed by atoms with E-state index in [1.165, 1.54) is 12.1 Å². The molecule has 2 aromatic carbocycles. The van der Waals surface area contributed by atoms with Gasteiger partial charge in [0.05, 0.1) is 27.7 Å². The maximum absolute atomic E-state index is 13.6. The van der Waals surface area contributed by atoms with Gasteiger partial charge in [-0.05, 0) is 37.7 Å². The number of likely N-dealkylation sites (N-methyl/N-ethyl adjacent to an activating group) is 1. The molecule has 1 N–H and O–H groups in total. The predicted molar refractivity (Wildman–Crippen MR) is 116 cm³/mol. The van der Waals surface area contributed by atoms with Gasteiger partial charge in [0, 0.05) is 44.4 Å². The first-order valence-electron chi connectivity index (χ1n) is 9.68. The lowest BCUT2D eigenvalue weighted by molar-refractivity contribution is 0.145. The van der Waals surface area contributed by atoms with Crippen molar-refractivity contribution in [3.8, 4) is 17.1 Å². The average molecular weight is 437 g/mol. The molecule has 1 fully saturated rings. The van der Waals surface area contributed by atoms with Gasteiger partial charge in [0.1, 0.15) is 17.4 Å². The summed E-state index contributed by atoms with van der Waals surface area (Å²) in [5.41, 5.74) is 1.89. The molecule has 5 nitrogen and oxygen atoms in total. The van der Waals surface area contributed by atoms with Crippen LogP contribution in [-0.2, 0) is 0 Å². The molecule has 1 saturated heterocycles. The minimum absolute atomic E-state index is 0.0435. The van der Waals surface area contributed by atoms with Crippen LogP contribution < -0.4 is 4.74 Å². The molecule has 0 aliphatic carbocycles. The zero-order valence-electron chi connectivity index (χ0n) is 16.2. The minimum atomic E-state index is -0.485. The van der Waals surface area contributed by atoms with E-state index in [0.29, 0.717) is 28.5 Å². The van der Waals surface area contributed by atoms with Crippen LogP contribution in [0.25, 0.3) is 22.4 Å². The molecule has 0 bridgehead atoms. The third kappa shape index (κ3) is 4.83. The highest BCUT2D eigenvalue weighted by atomic mass is 35.5. The van der Waals surface area contributed by atoms with Gasteiger partial charge in [-0.3, -0.25) is 0 Å². The van der Waals surface area contributed by atoms with Crippen LogP contribution in [0.2, 0.25) is 10.0 Å². The zero-order chi connectivity index (χ0) is 20.4. The van der Waals surface area contributed by atoms with E-state index in [1.807, 2.05) is 12.1 Å². The summed E-state index contributed by atoms with van der Waals surface area (Å²) in [5.74, 6) is 0.802. The summed E-state index contributed by atoms with van der Waals surface area (Å²) in [6, 6.07) is 8.34. The van der Waals surface area contributed by atoms with Crippen LogP contribution in [0.3, 0.4) is 0 Å². The lowest BCUT2D eigenvalue weighted by atomic mass is 10.2. The second-order valence-electron chi connectivity index (χ2n) is 7.36. The lowest BCUT2D eigenvalue weighted by Crippen LogP contribution is -2.44. The molecule has 2 heterocycles. The number of rotatable bonds is 6. The number of hydrogen-bond donors (Lipinski definition) is 1. The Morgan fingerprint density at radius 2 is 1.90 bits per heavy atom. The number of H-pyrrole nitrogens is 1. The number of hydrogen-bond acceptors (Lipinski definition) is 4. The van der Waals surface area contributed by atoms with Gasteiger partial charge >= 0.3 is 0 Å². The SMILES string of the molecule is CN1CCN(CCCOc2ccc(-c3nc4cc(Cl)c(F)cc4[nH]3)c(Cl)c2)CC1. The fraction of sp³-hybridized carbons (Fsp3) is 0.381. The van der Waals surface area contributed by atoms with Gasteiger partial charge in [0.15, 0.2) is 0 Å². The van der Waals surface area contributed by atoms with Gasteiger partial charge in [-0.25, -0.2) is 9.37 Å². The summed E-state index contributed by atoms with van der Waals surface area (Å²) in [7, 11) is 2.16. The Balaban J connectivity index is 1.36. The molecule has 4 rings (SSSR count). The monoisotopic (exact) mass is 436 g/mol. The van der Waals surface area contributed by atoms with E-state index in [9.17, 15) is 4.39 Å². The minimum Gasteiger partial charge on any atom is -0.493 e. The van der Waals surface area contributed by atoms with E-state index < -0.39 is 5.82 Å². The quantitative estimate of drug-likeness (QED) is 0.569. The third-order valence-electron chi connectivity index (χ3n) is 5.20. The Morgan fingerprint density at radius 1 is 1.10 bits per heavy atom. The van der Waals surface area contributed by atoms with Gasteiger partial charge < -0.3 is 19.5 Å². The van der Waals surface area contributed by atoms with Crippen molar-refractivity contribution in [2.24, 2.45) is 0 Å². The second kappa shape index (κ2) is 8.88. The summed E-state index contributed by atoms with van der Waals surface area (Å²) in [4.78, 5) is 12.4. The molecule has 0 unspecified atom stereocenters. The highest BCUT2D eigenvalue weighted by Crippen LogP contribution is 2.32. The Bertz CT molecular complexity index is 963. The van der Waals surface area contributed by atoms with Gasteiger partial charge in [-0.2, -0.15) is 0 Å². The van der Waals surface area contributed by atoms with Crippen LogP contribution in [0.1, 0.15) is 6.42 Å². The summed E-state index contributed by atoms with van der Waals surface area (Å²) in [6.45, 7) is 6.16. The van der Waals surface area contributed by atoms with Crippen LogP contribution in [0.4, 0.5) is 4.39 Å². The first kappa shape index (κ1) is 20.4. The van der Waals surface area contributed by atoms with E-state index >= 15 is 0 Å². The molecule has 0 spiro atoms. The summed E-state index contributed by atoms with van der Waals surface area (Å²) >= 11 is 12.3. The van der Waals surface area contributed by atoms with Crippen LogP contribution in [0.5, 0.6) is 5.75 Å². The van der Waals surface area contributed by atoms with Crippen molar-refractivity contribution in [3.05, 3.63) is 46.2 Å². The number of halogens is 3. The molecular weight excluding hydrogens is 414 g/mol. The Hall–Kier alpha value is -1.86. The number of nitrogens with one attached hydrogen (secondary N) is 1. The van der Waals surface area contributed by atoms with Crippen molar-refractivity contribution in [2.75, 3.05) is 46.4 Å². The molecular formula is C21H23Cl2FN4O. The Morgan fingerprint density at radius 3 is 2.66 bits per heavy atom. The van der Waals surface area contributed by atoms with E-state index in [1.54, 1.807) is 6.07 Å². The molecule has 0 amide bonds. The largest absolute Gasteiger partial charge is 0.493 e. The molecule has 29 heavy (non-hydrogen) atoms.